The Labute approximate surface area is 155 Å². The van der Waals surface area contributed by atoms with E-state index in [4.69, 9.17) is 0 Å². The highest BCUT2D eigenvalue weighted by Crippen LogP contribution is 2.23. The summed E-state index contributed by atoms with van der Waals surface area (Å²) < 4.78 is 0. The van der Waals surface area contributed by atoms with Crippen LogP contribution in [0.1, 0.15) is 38.3 Å². The van der Waals surface area contributed by atoms with Crippen LogP contribution in [0.25, 0.3) is 22.9 Å². The molecule has 0 atom stereocenters. The summed E-state index contributed by atoms with van der Waals surface area (Å²) in [4.78, 5) is 12.2. The van der Waals surface area contributed by atoms with Crippen molar-refractivity contribution in [1.29, 1.82) is 0 Å². The molecule has 0 fully saturated rings. The van der Waals surface area contributed by atoms with E-state index in [9.17, 15) is 4.79 Å². The van der Waals surface area contributed by atoms with Crippen molar-refractivity contribution in [3.05, 3.63) is 77.9 Å². The zero-order valence-corrected chi connectivity index (χ0v) is 15.6. The Morgan fingerprint density at radius 3 is 2.19 bits per heavy atom. The molecule has 2 heteroatoms. The van der Waals surface area contributed by atoms with Crippen LogP contribution in [-0.2, 0) is 4.79 Å². The molecular formula is C24H25NO. The maximum absolute atomic E-state index is 12.2. The van der Waals surface area contributed by atoms with Gasteiger partial charge in [-0.25, -0.2) is 0 Å². The van der Waals surface area contributed by atoms with Crippen molar-refractivity contribution >= 4 is 34.5 Å². The topological polar surface area (TPSA) is 29.1 Å². The molecule has 0 aliphatic heterocycles. The minimum Gasteiger partial charge on any atom is -0.326 e. The van der Waals surface area contributed by atoms with Gasteiger partial charge in [0.15, 0.2) is 0 Å². The molecule has 26 heavy (non-hydrogen) atoms. The zero-order valence-electron chi connectivity index (χ0n) is 15.6. The van der Waals surface area contributed by atoms with Crippen LogP contribution in [0, 0.1) is 5.41 Å². The molecule has 0 spiro atoms. The molecule has 0 bridgehead atoms. The van der Waals surface area contributed by atoms with Crippen LogP contribution in [-0.4, -0.2) is 5.91 Å². The second-order valence-electron chi connectivity index (χ2n) is 7.25. The quantitative estimate of drug-likeness (QED) is 0.535. The van der Waals surface area contributed by atoms with Gasteiger partial charge in [-0.2, -0.15) is 0 Å². The van der Waals surface area contributed by atoms with Crippen LogP contribution in [0.2, 0.25) is 0 Å². The van der Waals surface area contributed by atoms with Crippen molar-refractivity contribution < 1.29 is 4.79 Å². The molecule has 0 aliphatic carbocycles. The van der Waals surface area contributed by atoms with E-state index in [0.717, 1.165) is 17.7 Å². The lowest BCUT2D eigenvalue weighted by Gasteiger charge is -2.21. The lowest BCUT2D eigenvalue weighted by atomic mass is 9.89. The first kappa shape index (κ1) is 17.9. The van der Waals surface area contributed by atoms with Crippen LogP contribution in [0.3, 0.4) is 0 Å². The molecule has 0 unspecified atom stereocenters. The average Bonchev–Trinajstić information content (AvgIpc) is 2.67. The lowest BCUT2D eigenvalue weighted by Crippen LogP contribution is -2.29. The monoisotopic (exact) mass is 343 g/mol. The first-order valence-corrected chi connectivity index (χ1v) is 9.06. The van der Waals surface area contributed by atoms with E-state index in [1.807, 2.05) is 45.0 Å². The minimum atomic E-state index is -0.353. The van der Waals surface area contributed by atoms with Crippen molar-refractivity contribution in [3.8, 4) is 0 Å². The number of carbonyl (C=O) groups excluding carboxylic acids is 1. The van der Waals surface area contributed by atoms with Crippen LogP contribution in [0.5, 0.6) is 0 Å². The highest BCUT2D eigenvalue weighted by Gasteiger charge is 2.25. The fourth-order valence-corrected chi connectivity index (χ4v) is 2.64. The molecule has 2 nitrogen and oxygen atoms in total. The van der Waals surface area contributed by atoms with Gasteiger partial charge in [-0.15, -0.1) is 0 Å². The maximum atomic E-state index is 12.2. The first-order valence-electron chi connectivity index (χ1n) is 9.06. The van der Waals surface area contributed by atoms with Crippen molar-refractivity contribution in [3.63, 3.8) is 0 Å². The molecule has 0 saturated carbocycles. The van der Waals surface area contributed by atoms with Crippen molar-refractivity contribution in [2.24, 2.45) is 5.41 Å². The Balaban J connectivity index is 1.70. The molecule has 1 amide bonds. The van der Waals surface area contributed by atoms with E-state index < -0.39 is 0 Å². The molecule has 132 valence electrons. The molecule has 3 aromatic carbocycles. The van der Waals surface area contributed by atoms with Crippen molar-refractivity contribution in [1.82, 2.24) is 0 Å². The number of hydrogen-bond acceptors (Lipinski definition) is 1. The van der Waals surface area contributed by atoms with Crippen LogP contribution in [0.15, 0.2) is 66.7 Å². The molecule has 1 N–H and O–H groups in total. The lowest BCUT2D eigenvalue weighted by molar-refractivity contribution is -0.124. The van der Waals surface area contributed by atoms with E-state index in [1.54, 1.807) is 0 Å². The van der Waals surface area contributed by atoms with Crippen LogP contribution < -0.4 is 5.32 Å². The molecule has 0 radical (unpaired) electrons. The third kappa shape index (κ3) is 4.20. The van der Waals surface area contributed by atoms with Crippen LogP contribution >= 0.6 is 0 Å². The Hall–Kier alpha value is -2.87. The van der Waals surface area contributed by atoms with Crippen molar-refractivity contribution in [2.75, 3.05) is 5.32 Å². The van der Waals surface area contributed by atoms with E-state index in [0.29, 0.717) is 0 Å². The molecule has 0 aliphatic rings. The SMILES string of the molecule is CCC(C)(C)C(=O)Nc1ccc(C=Cc2ccc3ccccc3c2)cc1. The predicted octanol–water partition coefficient (Wildman–Crippen LogP) is 6.38. The maximum Gasteiger partial charge on any atom is 0.230 e. The van der Waals surface area contributed by atoms with Gasteiger partial charge in [0, 0.05) is 11.1 Å². The summed E-state index contributed by atoms with van der Waals surface area (Å²) in [6, 6.07) is 22.8. The molecule has 3 rings (SSSR count). The summed E-state index contributed by atoms with van der Waals surface area (Å²) in [5, 5.41) is 5.48. The summed E-state index contributed by atoms with van der Waals surface area (Å²) in [6.07, 6.45) is 5.01. The molecule has 0 aromatic heterocycles. The summed E-state index contributed by atoms with van der Waals surface area (Å²) in [5.41, 5.74) is 2.75. The van der Waals surface area contributed by atoms with Gasteiger partial charge < -0.3 is 5.32 Å². The molecular weight excluding hydrogens is 318 g/mol. The van der Waals surface area contributed by atoms with E-state index in [2.05, 4.69) is 59.9 Å². The van der Waals surface area contributed by atoms with Gasteiger partial charge >= 0.3 is 0 Å². The smallest absolute Gasteiger partial charge is 0.230 e. The fourth-order valence-electron chi connectivity index (χ4n) is 2.64. The van der Waals surface area contributed by atoms with E-state index in [1.165, 1.54) is 16.3 Å². The largest absolute Gasteiger partial charge is 0.326 e. The standard InChI is InChI=1S/C24H25NO/c1-4-24(2,3)23(26)25-22-15-12-18(13-16-22)9-10-19-11-14-20-7-5-6-8-21(20)17-19/h5-17H,4H2,1-3H3,(H,25,26). The Bertz CT molecular complexity index is 936. The zero-order chi connectivity index (χ0) is 18.6. The fraction of sp³-hybridized carbons (Fsp3) is 0.208. The Kier molecular flexibility index (Phi) is 5.22. The Morgan fingerprint density at radius 2 is 1.50 bits per heavy atom. The number of nitrogens with one attached hydrogen (secondary N) is 1. The number of rotatable bonds is 5. The summed E-state index contributed by atoms with van der Waals surface area (Å²) in [5.74, 6) is 0.0551. The number of carbonyl (C=O) groups is 1. The summed E-state index contributed by atoms with van der Waals surface area (Å²) in [7, 11) is 0. The summed E-state index contributed by atoms with van der Waals surface area (Å²) in [6.45, 7) is 5.95. The predicted molar refractivity (Wildman–Crippen MR) is 112 cm³/mol. The molecule has 3 aromatic rings. The third-order valence-electron chi connectivity index (χ3n) is 4.91. The molecule has 0 saturated heterocycles. The highest BCUT2D eigenvalue weighted by molar-refractivity contribution is 5.94. The normalized spacial score (nSPS) is 11.8. The van der Waals surface area contributed by atoms with Gasteiger partial charge in [-0.05, 0) is 46.5 Å². The van der Waals surface area contributed by atoms with Gasteiger partial charge in [0.25, 0.3) is 0 Å². The van der Waals surface area contributed by atoms with Gasteiger partial charge in [-0.1, -0.05) is 81.5 Å². The van der Waals surface area contributed by atoms with Crippen LogP contribution in [0.4, 0.5) is 5.69 Å². The third-order valence-corrected chi connectivity index (χ3v) is 4.91. The van der Waals surface area contributed by atoms with E-state index in [-0.39, 0.29) is 11.3 Å². The molecule has 0 heterocycles. The van der Waals surface area contributed by atoms with Gasteiger partial charge in [-0.3, -0.25) is 4.79 Å². The number of anilines is 1. The van der Waals surface area contributed by atoms with Gasteiger partial charge in [0.1, 0.15) is 0 Å². The highest BCUT2D eigenvalue weighted by atomic mass is 16.2. The second kappa shape index (κ2) is 7.57. The van der Waals surface area contributed by atoms with E-state index >= 15 is 0 Å². The number of hydrogen-bond donors (Lipinski definition) is 1. The second-order valence-corrected chi connectivity index (χ2v) is 7.25. The summed E-state index contributed by atoms with van der Waals surface area (Å²) >= 11 is 0. The minimum absolute atomic E-state index is 0.0551. The number of fused-ring (bicyclic) bond motifs is 1. The van der Waals surface area contributed by atoms with Crippen molar-refractivity contribution in [2.45, 2.75) is 27.2 Å². The average molecular weight is 343 g/mol. The van der Waals surface area contributed by atoms with Gasteiger partial charge in [0.05, 0.1) is 0 Å². The Morgan fingerprint density at radius 1 is 0.885 bits per heavy atom. The number of benzene rings is 3. The van der Waals surface area contributed by atoms with Gasteiger partial charge in [0.2, 0.25) is 5.91 Å². The first-order chi connectivity index (χ1) is 12.5. The number of amides is 1.